The standard InChI is InChI=1S/C12H19N3S/c1-4-5-8-13-12(16)15-11-7-6-9(2)14-10(11)3/h6-7H,4-5,8H2,1-3H3,(H2,13,15,16). The van der Waals surface area contributed by atoms with Crippen LogP contribution < -0.4 is 10.6 Å². The van der Waals surface area contributed by atoms with Crippen LogP contribution in [0.2, 0.25) is 0 Å². The van der Waals surface area contributed by atoms with E-state index in [4.69, 9.17) is 12.2 Å². The maximum Gasteiger partial charge on any atom is 0.170 e. The molecule has 0 aliphatic rings. The van der Waals surface area contributed by atoms with Crippen LogP contribution in [0.5, 0.6) is 0 Å². The van der Waals surface area contributed by atoms with Crippen molar-refractivity contribution >= 4 is 23.0 Å². The second kappa shape index (κ2) is 6.43. The predicted octanol–water partition coefficient (Wildman–Crippen LogP) is 2.78. The van der Waals surface area contributed by atoms with E-state index in [1.54, 1.807) is 0 Å². The minimum Gasteiger partial charge on any atom is -0.362 e. The molecule has 0 fully saturated rings. The number of rotatable bonds is 4. The Morgan fingerprint density at radius 3 is 2.75 bits per heavy atom. The molecule has 0 atom stereocenters. The first-order valence-corrected chi connectivity index (χ1v) is 6.03. The van der Waals surface area contributed by atoms with Gasteiger partial charge in [-0.2, -0.15) is 0 Å². The summed E-state index contributed by atoms with van der Waals surface area (Å²) in [5.41, 5.74) is 2.96. The van der Waals surface area contributed by atoms with Gasteiger partial charge in [-0.25, -0.2) is 0 Å². The highest BCUT2D eigenvalue weighted by molar-refractivity contribution is 7.80. The number of nitrogens with one attached hydrogen (secondary N) is 2. The second-order valence-corrected chi connectivity index (χ2v) is 4.23. The van der Waals surface area contributed by atoms with Gasteiger partial charge in [-0.1, -0.05) is 13.3 Å². The van der Waals surface area contributed by atoms with Crippen LogP contribution in [0, 0.1) is 13.8 Å². The van der Waals surface area contributed by atoms with Crippen LogP contribution in [0.15, 0.2) is 12.1 Å². The molecule has 1 rings (SSSR count). The van der Waals surface area contributed by atoms with Crippen LogP contribution in [0.4, 0.5) is 5.69 Å². The van der Waals surface area contributed by atoms with Gasteiger partial charge in [0, 0.05) is 12.2 Å². The molecular formula is C12H19N3S. The van der Waals surface area contributed by atoms with Crippen molar-refractivity contribution in [2.45, 2.75) is 33.6 Å². The van der Waals surface area contributed by atoms with E-state index in [0.29, 0.717) is 5.11 Å². The monoisotopic (exact) mass is 237 g/mol. The number of unbranched alkanes of at least 4 members (excludes halogenated alkanes) is 1. The van der Waals surface area contributed by atoms with Crippen LogP contribution in [-0.4, -0.2) is 16.6 Å². The van der Waals surface area contributed by atoms with Crippen LogP contribution in [0.1, 0.15) is 31.2 Å². The van der Waals surface area contributed by atoms with Gasteiger partial charge in [-0.15, -0.1) is 0 Å². The first kappa shape index (κ1) is 12.9. The molecule has 0 aliphatic carbocycles. The zero-order valence-corrected chi connectivity index (χ0v) is 10.9. The van der Waals surface area contributed by atoms with Gasteiger partial charge in [-0.05, 0) is 44.6 Å². The topological polar surface area (TPSA) is 37.0 Å². The number of hydrogen-bond donors (Lipinski definition) is 2. The van der Waals surface area contributed by atoms with Crippen molar-refractivity contribution in [3.05, 3.63) is 23.5 Å². The van der Waals surface area contributed by atoms with Gasteiger partial charge < -0.3 is 10.6 Å². The number of nitrogens with zero attached hydrogens (tertiary/aromatic N) is 1. The summed E-state index contributed by atoms with van der Waals surface area (Å²) in [6.07, 6.45) is 2.30. The fourth-order valence-corrected chi connectivity index (χ4v) is 1.58. The molecule has 16 heavy (non-hydrogen) atoms. The van der Waals surface area contributed by atoms with Crippen molar-refractivity contribution in [2.75, 3.05) is 11.9 Å². The zero-order chi connectivity index (χ0) is 12.0. The lowest BCUT2D eigenvalue weighted by Crippen LogP contribution is -2.29. The average Bonchev–Trinajstić information content (AvgIpc) is 2.23. The molecule has 0 saturated heterocycles. The lowest BCUT2D eigenvalue weighted by atomic mass is 10.3. The average molecular weight is 237 g/mol. The van der Waals surface area contributed by atoms with Crippen LogP contribution in [-0.2, 0) is 0 Å². The Labute approximate surface area is 103 Å². The molecule has 0 unspecified atom stereocenters. The molecule has 1 aromatic rings. The maximum atomic E-state index is 5.19. The molecule has 0 radical (unpaired) electrons. The Kier molecular flexibility index (Phi) is 5.19. The highest BCUT2D eigenvalue weighted by Gasteiger charge is 2.01. The van der Waals surface area contributed by atoms with E-state index < -0.39 is 0 Å². The molecule has 2 N–H and O–H groups in total. The van der Waals surface area contributed by atoms with Crippen molar-refractivity contribution in [3.63, 3.8) is 0 Å². The van der Waals surface area contributed by atoms with Gasteiger partial charge in [0.15, 0.2) is 5.11 Å². The third-order valence-electron chi connectivity index (χ3n) is 2.29. The number of pyridine rings is 1. The zero-order valence-electron chi connectivity index (χ0n) is 10.1. The van der Waals surface area contributed by atoms with Crippen molar-refractivity contribution < 1.29 is 0 Å². The van der Waals surface area contributed by atoms with E-state index in [9.17, 15) is 0 Å². The van der Waals surface area contributed by atoms with E-state index in [2.05, 4.69) is 22.5 Å². The number of anilines is 1. The molecule has 4 heteroatoms. The van der Waals surface area contributed by atoms with Gasteiger partial charge in [0.25, 0.3) is 0 Å². The maximum absolute atomic E-state index is 5.19. The Balaban J connectivity index is 2.49. The highest BCUT2D eigenvalue weighted by Crippen LogP contribution is 2.12. The van der Waals surface area contributed by atoms with E-state index >= 15 is 0 Å². The van der Waals surface area contributed by atoms with Crippen molar-refractivity contribution in [3.8, 4) is 0 Å². The molecule has 0 aliphatic heterocycles. The number of hydrogen-bond acceptors (Lipinski definition) is 2. The summed E-state index contributed by atoms with van der Waals surface area (Å²) in [7, 11) is 0. The lowest BCUT2D eigenvalue weighted by molar-refractivity contribution is 0.758. The third kappa shape index (κ3) is 4.14. The number of aryl methyl sites for hydroxylation is 2. The van der Waals surface area contributed by atoms with Gasteiger partial charge in [0.1, 0.15) is 0 Å². The molecule has 88 valence electrons. The lowest BCUT2D eigenvalue weighted by Gasteiger charge is -2.11. The van der Waals surface area contributed by atoms with Gasteiger partial charge in [0.2, 0.25) is 0 Å². The van der Waals surface area contributed by atoms with E-state index in [1.165, 1.54) is 6.42 Å². The minimum atomic E-state index is 0.669. The molecule has 1 aromatic heterocycles. The summed E-state index contributed by atoms with van der Waals surface area (Å²) in [6, 6.07) is 3.98. The molecular weight excluding hydrogens is 218 g/mol. The van der Waals surface area contributed by atoms with Gasteiger partial charge in [-0.3, -0.25) is 4.98 Å². The van der Waals surface area contributed by atoms with E-state index in [0.717, 1.165) is 30.0 Å². The quantitative estimate of drug-likeness (QED) is 0.624. The first-order chi connectivity index (χ1) is 7.63. The molecule has 0 aromatic carbocycles. The Morgan fingerprint density at radius 1 is 1.38 bits per heavy atom. The Bertz CT molecular complexity index is 363. The summed E-state index contributed by atoms with van der Waals surface area (Å²) in [4.78, 5) is 4.37. The molecule has 3 nitrogen and oxygen atoms in total. The molecule has 1 heterocycles. The fraction of sp³-hybridized carbons (Fsp3) is 0.500. The summed E-state index contributed by atoms with van der Waals surface area (Å²) in [5, 5.41) is 6.99. The second-order valence-electron chi connectivity index (χ2n) is 3.82. The summed E-state index contributed by atoms with van der Waals surface area (Å²) < 4.78 is 0. The third-order valence-corrected chi connectivity index (χ3v) is 2.54. The summed E-state index contributed by atoms with van der Waals surface area (Å²) >= 11 is 5.19. The first-order valence-electron chi connectivity index (χ1n) is 5.62. The molecule has 0 amide bonds. The molecule has 0 saturated carbocycles. The molecule has 0 bridgehead atoms. The van der Waals surface area contributed by atoms with Crippen LogP contribution in [0.3, 0.4) is 0 Å². The van der Waals surface area contributed by atoms with Gasteiger partial charge >= 0.3 is 0 Å². The fourth-order valence-electron chi connectivity index (χ4n) is 1.36. The highest BCUT2D eigenvalue weighted by atomic mass is 32.1. The summed E-state index contributed by atoms with van der Waals surface area (Å²) in [6.45, 7) is 7.03. The largest absolute Gasteiger partial charge is 0.362 e. The van der Waals surface area contributed by atoms with Crippen molar-refractivity contribution in [2.24, 2.45) is 0 Å². The molecule has 0 spiro atoms. The minimum absolute atomic E-state index is 0.669. The van der Waals surface area contributed by atoms with E-state index in [1.807, 2.05) is 26.0 Å². The normalized spacial score (nSPS) is 9.94. The Hall–Kier alpha value is -1.16. The predicted molar refractivity (Wildman–Crippen MR) is 72.8 cm³/mol. The Morgan fingerprint density at radius 2 is 2.12 bits per heavy atom. The van der Waals surface area contributed by atoms with E-state index in [-0.39, 0.29) is 0 Å². The van der Waals surface area contributed by atoms with Gasteiger partial charge in [0.05, 0.1) is 11.4 Å². The smallest absolute Gasteiger partial charge is 0.170 e. The number of thiocarbonyl (C=S) groups is 1. The van der Waals surface area contributed by atoms with Crippen LogP contribution in [0.25, 0.3) is 0 Å². The SMILES string of the molecule is CCCCNC(=S)Nc1ccc(C)nc1C. The van der Waals surface area contributed by atoms with Crippen molar-refractivity contribution in [1.82, 2.24) is 10.3 Å². The number of aromatic nitrogens is 1. The van der Waals surface area contributed by atoms with Crippen molar-refractivity contribution in [1.29, 1.82) is 0 Å². The summed E-state index contributed by atoms with van der Waals surface area (Å²) in [5.74, 6) is 0. The van der Waals surface area contributed by atoms with Crippen LogP contribution >= 0.6 is 12.2 Å².